The van der Waals surface area contributed by atoms with Gasteiger partial charge in [0.15, 0.2) is 5.78 Å². The zero-order valence-corrected chi connectivity index (χ0v) is 14.0. The lowest BCUT2D eigenvalue weighted by Crippen LogP contribution is -2.31. The number of ketones is 1. The van der Waals surface area contributed by atoms with E-state index in [-0.39, 0.29) is 17.6 Å². The number of carbonyl (C=O) groups excluding carboxylic acids is 2. The molecule has 0 aliphatic carbocycles. The molecule has 0 saturated carbocycles. The van der Waals surface area contributed by atoms with E-state index in [1.165, 1.54) is 0 Å². The molecule has 24 heavy (non-hydrogen) atoms. The molecule has 1 N–H and O–H groups in total. The molecule has 0 saturated heterocycles. The third kappa shape index (κ3) is 3.30. The van der Waals surface area contributed by atoms with Crippen molar-refractivity contribution in [2.75, 3.05) is 0 Å². The van der Waals surface area contributed by atoms with Crippen LogP contribution < -0.4 is 5.43 Å². The highest BCUT2D eigenvalue weighted by Gasteiger charge is 2.21. The van der Waals surface area contributed by atoms with Gasteiger partial charge >= 0.3 is 0 Å². The van der Waals surface area contributed by atoms with Gasteiger partial charge in [-0.25, -0.2) is 5.43 Å². The first-order valence-corrected chi connectivity index (χ1v) is 8.27. The first kappa shape index (κ1) is 16.2. The van der Waals surface area contributed by atoms with Crippen LogP contribution in [0.15, 0.2) is 47.8 Å². The van der Waals surface area contributed by atoms with Crippen LogP contribution in [0, 0.1) is 5.92 Å². The Balaban J connectivity index is 1.80. The first-order valence-electron chi connectivity index (χ1n) is 8.27. The molecule has 2 heterocycles. The van der Waals surface area contributed by atoms with E-state index in [1.807, 2.05) is 61.1 Å². The van der Waals surface area contributed by atoms with Crippen molar-refractivity contribution >= 4 is 17.4 Å². The van der Waals surface area contributed by atoms with E-state index in [1.54, 1.807) is 0 Å². The van der Waals surface area contributed by atoms with Gasteiger partial charge in [-0.1, -0.05) is 26.0 Å². The third-order valence-corrected chi connectivity index (χ3v) is 4.21. The van der Waals surface area contributed by atoms with Crippen molar-refractivity contribution in [1.82, 2.24) is 9.99 Å². The van der Waals surface area contributed by atoms with Gasteiger partial charge in [0, 0.05) is 42.4 Å². The molecule has 1 atom stereocenters. The van der Waals surface area contributed by atoms with Crippen LogP contribution in [-0.2, 0) is 4.79 Å². The molecular weight excluding hydrogens is 302 g/mol. The SMILES string of the molecule is CCCC(=O)c1ccn(-c2ccc(C3=NNC(=O)CC3C)cc2)c1. The van der Waals surface area contributed by atoms with Crippen molar-refractivity contribution in [2.45, 2.75) is 33.1 Å². The van der Waals surface area contributed by atoms with Gasteiger partial charge in [-0.2, -0.15) is 5.10 Å². The average Bonchev–Trinajstić information content (AvgIpc) is 3.05. The topological polar surface area (TPSA) is 63.5 Å². The second kappa shape index (κ2) is 6.83. The summed E-state index contributed by atoms with van der Waals surface area (Å²) in [6, 6.07) is 9.84. The Morgan fingerprint density at radius 2 is 2.04 bits per heavy atom. The summed E-state index contributed by atoms with van der Waals surface area (Å²) in [5.41, 5.74) is 6.17. The van der Waals surface area contributed by atoms with Crippen molar-refractivity contribution < 1.29 is 9.59 Å². The van der Waals surface area contributed by atoms with Gasteiger partial charge in [0.2, 0.25) is 5.91 Å². The number of rotatable bonds is 5. The van der Waals surface area contributed by atoms with Crippen molar-refractivity contribution in [3.63, 3.8) is 0 Å². The molecule has 1 aromatic heterocycles. The molecule has 3 rings (SSSR count). The maximum Gasteiger partial charge on any atom is 0.240 e. The summed E-state index contributed by atoms with van der Waals surface area (Å²) in [4.78, 5) is 23.3. The van der Waals surface area contributed by atoms with E-state index in [9.17, 15) is 9.59 Å². The minimum Gasteiger partial charge on any atom is -0.323 e. The number of nitrogens with zero attached hydrogens (tertiary/aromatic N) is 2. The highest BCUT2D eigenvalue weighted by molar-refractivity contribution is 6.05. The Bertz CT molecular complexity index is 787. The first-order chi connectivity index (χ1) is 11.6. The second-order valence-electron chi connectivity index (χ2n) is 6.16. The summed E-state index contributed by atoms with van der Waals surface area (Å²) in [5, 5.41) is 4.18. The zero-order valence-electron chi connectivity index (χ0n) is 14.0. The van der Waals surface area contributed by atoms with Gasteiger partial charge < -0.3 is 4.57 Å². The maximum absolute atomic E-state index is 11.9. The van der Waals surface area contributed by atoms with Crippen LogP contribution in [0.2, 0.25) is 0 Å². The highest BCUT2D eigenvalue weighted by atomic mass is 16.2. The van der Waals surface area contributed by atoms with Gasteiger partial charge in [0.05, 0.1) is 5.71 Å². The van der Waals surface area contributed by atoms with Crippen LogP contribution in [0.3, 0.4) is 0 Å². The average molecular weight is 323 g/mol. The highest BCUT2D eigenvalue weighted by Crippen LogP contribution is 2.19. The van der Waals surface area contributed by atoms with Crippen LogP contribution >= 0.6 is 0 Å². The number of amides is 1. The van der Waals surface area contributed by atoms with Crippen LogP contribution in [0.25, 0.3) is 5.69 Å². The minimum absolute atomic E-state index is 0.0421. The van der Waals surface area contributed by atoms with E-state index in [2.05, 4.69) is 10.5 Å². The lowest BCUT2D eigenvalue weighted by Gasteiger charge is -2.19. The Morgan fingerprint density at radius 3 is 2.71 bits per heavy atom. The molecule has 0 spiro atoms. The van der Waals surface area contributed by atoms with Crippen LogP contribution in [-0.4, -0.2) is 22.0 Å². The van der Waals surface area contributed by atoms with Crippen molar-refractivity contribution in [3.05, 3.63) is 53.9 Å². The fourth-order valence-corrected chi connectivity index (χ4v) is 2.90. The van der Waals surface area contributed by atoms with E-state index in [4.69, 9.17) is 0 Å². The fourth-order valence-electron chi connectivity index (χ4n) is 2.90. The number of aromatic nitrogens is 1. The summed E-state index contributed by atoms with van der Waals surface area (Å²) in [6.45, 7) is 4.01. The van der Waals surface area contributed by atoms with E-state index in [0.29, 0.717) is 12.8 Å². The number of carbonyl (C=O) groups is 2. The predicted octanol–water partition coefficient (Wildman–Crippen LogP) is 3.32. The molecule has 1 aliphatic heterocycles. The summed E-state index contributed by atoms with van der Waals surface area (Å²) in [6.07, 6.45) is 5.66. The zero-order chi connectivity index (χ0) is 17.1. The third-order valence-electron chi connectivity index (χ3n) is 4.21. The molecule has 5 nitrogen and oxygen atoms in total. The molecule has 5 heteroatoms. The van der Waals surface area contributed by atoms with Gasteiger partial charge in [-0.15, -0.1) is 0 Å². The monoisotopic (exact) mass is 323 g/mol. The molecule has 0 fully saturated rings. The maximum atomic E-state index is 11.9. The quantitative estimate of drug-likeness (QED) is 0.858. The summed E-state index contributed by atoms with van der Waals surface area (Å²) >= 11 is 0. The van der Waals surface area contributed by atoms with Gasteiger partial charge in [-0.05, 0) is 30.2 Å². The summed E-state index contributed by atoms with van der Waals surface area (Å²) in [5.74, 6) is 0.239. The van der Waals surface area contributed by atoms with Crippen molar-refractivity contribution in [1.29, 1.82) is 0 Å². The lowest BCUT2D eigenvalue weighted by molar-refractivity contribution is -0.121. The molecular formula is C19H21N3O2. The van der Waals surface area contributed by atoms with Gasteiger partial charge in [-0.3, -0.25) is 9.59 Å². The van der Waals surface area contributed by atoms with Gasteiger partial charge in [0.1, 0.15) is 0 Å². The number of nitrogens with one attached hydrogen (secondary N) is 1. The second-order valence-corrected chi connectivity index (χ2v) is 6.16. The standard InChI is InChI=1S/C19H21N3O2/c1-3-4-17(23)15-9-10-22(12-15)16-7-5-14(6-8-16)19-13(2)11-18(24)20-21-19/h5-10,12-13H,3-4,11H2,1-2H3,(H,20,24). The van der Waals surface area contributed by atoms with E-state index in [0.717, 1.165) is 28.9 Å². The normalized spacial score (nSPS) is 17.3. The fraction of sp³-hybridized carbons (Fsp3) is 0.316. The minimum atomic E-state index is -0.0421. The van der Waals surface area contributed by atoms with Crippen LogP contribution in [0.5, 0.6) is 0 Å². The largest absolute Gasteiger partial charge is 0.323 e. The molecule has 124 valence electrons. The number of hydrogen-bond donors (Lipinski definition) is 1. The Labute approximate surface area is 141 Å². The summed E-state index contributed by atoms with van der Waals surface area (Å²) in [7, 11) is 0. The Kier molecular flexibility index (Phi) is 4.60. The number of hydrogen-bond acceptors (Lipinski definition) is 3. The number of hydrazone groups is 1. The van der Waals surface area contributed by atoms with Crippen LogP contribution in [0.1, 0.15) is 49.0 Å². The summed E-state index contributed by atoms with van der Waals surface area (Å²) < 4.78 is 1.94. The lowest BCUT2D eigenvalue weighted by atomic mass is 9.94. The molecule has 1 unspecified atom stereocenters. The van der Waals surface area contributed by atoms with E-state index >= 15 is 0 Å². The smallest absolute Gasteiger partial charge is 0.240 e. The van der Waals surface area contributed by atoms with Crippen molar-refractivity contribution in [3.8, 4) is 5.69 Å². The van der Waals surface area contributed by atoms with Crippen LogP contribution in [0.4, 0.5) is 0 Å². The Hall–Kier alpha value is -2.69. The molecule has 1 aromatic carbocycles. The number of Topliss-reactive ketones (excluding diaryl/α,β-unsaturated/α-hetero) is 1. The van der Waals surface area contributed by atoms with E-state index < -0.39 is 0 Å². The molecule has 0 bridgehead atoms. The Morgan fingerprint density at radius 1 is 1.29 bits per heavy atom. The molecule has 1 amide bonds. The molecule has 0 radical (unpaired) electrons. The predicted molar refractivity (Wildman–Crippen MR) is 93.5 cm³/mol. The number of benzene rings is 1. The molecule has 2 aromatic rings. The molecule has 1 aliphatic rings. The van der Waals surface area contributed by atoms with Gasteiger partial charge in [0.25, 0.3) is 0 Å². The van der Waals surface area contributed by atoms with Crippen molar-refractivity contribution in [2.24, 2.45) is 11.0 Å².